The summed E-state index contributed by atoms with van der Waals surface area (Å²) in [4.78, 5) is 12.7. The SMILES string of the molecule is CCc1ccc(C2CCC(C(=O)Oc3ccc(C4CCC(C)CC4)c(F)c3F)CC2)cc1F. The molecule has 0 bridgehead atoms. The molecule has 0 atom stereocenters. The third-order valence-corrected chi connectivity index (χ3v) is 7.73. The van der Waals surface area contributed by atoms with Gasteiger partial charge in [-0.1, -0.05) is 44.9 Å². The summed E-state index contributed by atoms with van der Waals surface area (Å²) in [6, 6.07) is 8.38. The normalized spacial score (nSPS) is 25.6. The van der Waals surface area contributed by atoms with Crippen molar-refractivity contribution in [2.24, 2.45) is 11.8 Å². The lowest BCUT2D eigenvalue weighted by molar-refractivity contribution is -0.140. The number of benzene rings is 2. The van der Waals surface area contributed by atoms with Gasteiger partial charge in [0.25, 0.3) is 0 Å². The molecule has 2 aliphatic rings. The quantitative estimate of drug-likeness (QED) is 0.337. The number of esters is 1. The highest BCUT2D eigenvalue weighted by molar-refractivity contribution is 5.75. The van der Waals surface area contributed by atoms with Crippen molar-refractivity contribution in [2.75, 3.05) is 0 Å². The molecule has 2 aliphatic carbocycles. The molecular weight excluding hydrogens is 425 g/mol. The van der Waals surface area contributed by atoms with E-state index in [2.05, 4.69) is 6.92 Å². The predicted molar refractivity (Wildman–Crippen MR) is 123 cm³/mol. The first kappa shape index (κ1) is 23.8. The molecule has 0 radical (unpaired) electrons. The second-order valence-electron chi connectivity index (χ2n) is 9.91. The minimum atomic E-state index is -1.07. The van der Waals surface area contributed by atoms with Crippen molar-refractivity contribution in [3.8, 4) is 5.75 Å². The first-order chi connectivity index (χ1) is 15.9. The van der Waals surface area contributed by atoms with Crippen LogP contribution in [0, 0.1) is 29.3 Å². The average molecular weight is 459 g/mol. The minimum absolute atomic E-state index is 0.0203. The summed E-state index contributed by atoms with van der Waals surface area (Å²) in [6.45, 7) is 4.11. The van der Waals surface area contributed by atoms with Crippen LogP contribution in [0.4, 0.5) is 13.2 Å². The van der Waals surface area contributed by atoms with Crippen LogP contribution in [0.25, 0.3) is 0 Å². The van der Waals surface area contributed by atoms with Crippen LogP contribution in [0.5, 0.6) is 5.75 Å². The number of hydrogen-bond donors (Lipinski definition) is 0. The Balaban J connectivity index is 1.36. The monoisotopic (exact) mass is 458 g/mol. The van der Waals surface area contributed by atoms with E-state index in [1.54, 1.807) is 12.1 Å². The van der Waals surface area contributed by atoms with Gasteiger partial charge < -0.3 is 4.74 Å². The highest BCUT2D eigenvalue weighted by Gasteiger charge is 2.31. The van der Waals surface area contributed by atoms with E-state index in [1.807, 2.05) is 19.1 Å². The molecule has 2 nitrogen and oxygen atoms in total. The van der Waals surface area contributed by atoms with Gasteiger partial charge in [-0.3, -0.25) is 4.79 Å². The van der Waals surface area contributed by atoms with E-state index in [0.717, 1.165) is 44.1 Å². The Labute approximate surface area is 194 Å². The largest absolute Gasteiger partial charge is 0.423 e. The summed E-state index contributed by atoms with van der Waals surface area (Å²) in [5.74, 6) is -2.50. The summed E-state index contributed by atoms with van der Waals surface area (Å²) in [6.07, 6.45) is 7.03. The van der Waals surface area contributed by atoms with Crippen LogP contribution in [0.2, 0.25) is 0 Å². The third-order valence-electron chi connectivity index (χ3n) is 7.73. The van der Waals surface area contributed by atoms with E-state index >= 15 is 0 Å². The lowest BCUT2D eigenvalue weighted by Gasteiger charge is -2.28. The Morgan fingerprint density at radius 3 is 2.18 bits per heavy atom. The van der Waals surface area contributed by atoms with E-state index in [-0.39, 0.29) is 29.3 Å². The van der Waals surface area contributed by atoms with Crippen molar-refractivity contribution in [1.82, 2.24) is 0 Å². The van der Waals surface area contributed by atoms with E-state index < -0.39 is 17.6 Å². The fourth-order valence-corrected chi connectivity index (χ4v) is 5.47. The number of rotatable bonds is 5. The molecule has 33 heavy (non-hydrogen) atoms. The average Bonchev–Trinajstić information content (AvgIpc) is 2.83. The second kappa shape index (κ2) is 10.3. The summed E-state index contributed by atoms with van der Waals surface area (Å²) in [5.41, 5.74) is 2.05. The van der Waals surface area contributed by atoms with E-state index in [0.29, 0.717) is 36.3 Å². The predicted octanol–water partition coefficient (Wildman–Crippen LogP) is 7.84. The van der Waals surface area contributed by atoms with Crippen molar-refractivity contribution >= 4 is 5.97 Å². The zero-order valence-corrected chi connectivity index (χ0v) is 19.5. The Bertz CT molecular complexity index is 987. The summed E-state index contributed by atoms with van der Waals surface area (Å²) in [5, 5.41) is 0. The molecule has 0 heterocycles. The summed E-state index contributed by atoms with van der Waals surface area (Å²) in [7, 11) is 0. The van der Waals surface area contributed by atoms with E-state index in [9.17, 15) is 18.0 Å². The third kappa shape index (κ3) is 5.28. The first-order valence-corrected chi connectivity index (χ1v) is 12.3. The summed E-state index contributed by atoms with van der Waals surface area (Å²) < 4.78 is 48.9. The van der Waals surface area contributed by atoms with Crippen molar-refractivity contribution in [1.29, 1.82) is 0 Å². The molecule has 0 aromatic heterocycles. The van der Waals surface area contributed by atoms with Crippen LogP contribution in [0.15, 0.2) is 30.3 Å². The van der Waals surface area contributed by atoms with Gasteiger partial charge in [0.15, 0.2) is 11.6 Å². The Morgan fingerprint density at radius 2 is 1.55 bits per heavy atom. The van der Waals surface area contributed by atoms with Crippen molar-refractivity contribution in [2.45, 2.75) is 83.5 Å². The minimum Gasteiger partial charge on any atom is -0.423 e. The Hall–Kier alpha value is -2.30. The maximum absolute atomic E-state index is 14.8. The number of hydrogen-bond acceptors (Lipinski definition) is 2. The zero-order valence-electron chi connectivity index (χ0n) is 19.5. The molecule has 2 saturated carbocycles. The standard InChI is InChI=1S/C28H33F3O2/c1-3-18-8-13-22(16-24(18)29)19-9-11-21(12-10-19)28(32)33-25-15-14-23(26(30)27(25)31)20-6-4-17(2)5-7-20/h8,13-17,19-21H,3-7,9-12H2,1-2H3. The van der Waals surface area contributed by atoms with Gasteiger partial charge in [-0.2, -0.15) is 4.39 Å². The molecule has 2 aromatic rings. The maximum atomic E-state index is 14.8. The van der Waals surface area contributed by atoms with Crippen LogP contribution >= 0.6 is 0 Å². The molecule has 0 aliphatic heterocycles. The van der Waals surface area contributed by atoms with Crippen LogP contribution in [0.3, 0.4) is 0 Å². The molecule has 2 fully saturated rings. The van der Waals surface area contributed by atoms with Gasteiger partial charge in [0.2, 0.25) is 5.82 Å². The molecular formula is C28H33F3O2. The molecule has 2 aromatic carbocycles. The number of carbonyl (C=O) groups is 1. The molecule has 4 rings (SSSR count). The number of ether oxygens (including phenoxy) is 1. The van der Waals surface area contributed by atoms with Gasteiger partial charge >= 0.3 is 5.97 Å². The zero-order chi connectivity index (χ0) is 23.5. The molecule has 0 saturated heterocycles. The highest BCUT2D eigenvalue weighted by Crippen LogP contribution is 2.40. The second-order valence-corrected chi connectivity index (χ2v) is 9.91. The highest BCUT2D eigenvalue weighted by atomic mass is 19.2. The van der Waals surface area contributed by atoms with E-state index in [4.69, 9.17) is 4.74 Å². The van der Waals surface area contributed by atoms with Gasteiger partial charge in [0.1, 0.15) is 5.82 Å². The molecule has 0 amide bonds. The molecule has 5 heteroatoms. The Kier molecular flexibility index (Phi) is 7.45. The topological polar surface area (TPSA) is 26.3 Å². The molecule has 0 unspecified atom stereocenters. The van der Waals surface area contributed by atoms with Gasteiger partial charge in [-0.25, -0.2) is 8.78 Å². The van der Waals surface area contributed by atoms with Crippen LogP contribution in [-0.4, -0.2) is 5.97 Å². The lowest BCUT2D eigenvalue weighted by Crippen LogP contribution is -2.25. The van der Waals surface area contributed by atoms with Crippen LogP contribution in [0.1, 0.15) is 93.7 Å². The lowest BCUT2D eigenvalue weighted by atomic mass is 9.78. The van der Waals surface area contributed by atoms with Gasteiger partial charge in [0, 0.05) is 0 Å². The van der Waals surface area contributed by atoms with Crippen LogP contribution < -0.4 is 4.74 Å². The summed E-state index contributed by atoms with van der Waals surface area (Å²) >= 11 is 0. The number of aryl methyl sites for hydroxylation is 1. The fraction of sp³-hybridized carbons (Fsp3) is 0.536. The van der Waals surface area contributed by atoms with E-state index in [1.165, 1.54) is 6.07 Å². The van der Waals surface area contributed by atoms with Gasteiger partial charge in [-0.15, -0.1) is 0 Å². The number of carbonyl (C=O) groups excluding carboxylic acids is 1. The Morgan fingerprint density at radius 1 is 0.879 bits per heavy atom. The van der Waals surface area contributed by atoms with Crippen LogP contribution in [-0.2, 0) is 11.2 Å². The molecule has 0 N–H and O–H groups in total. The molecule has 178 valence electrons. The van der Waals surface area contributed by atoms with Gasteiger partial charge in [0.05, 0.1) is 5.92 Å². The smallest absolute Gasteiger partial charge is 0.314 e. The van der Waals surface area contributed by atoms with Crippen molar-refractivity contribution in [3.05, 3.63) is 64.5 Å². The molecule has 0 spiro atoms. The van der Waals surface area contributed by atoms with Crippen molar-refractivity contribution < 1.29 is 22.7 Å². The fourth-order valence-electron chi connectivity index (χ4n) is 5.47. The van der Waals surface area contributed by atoms with Crippen molar-refractivity contribution in [3.63, 3.8) is 0 Å². The maximum Gasteiger partial charge on any atom is 0.314 e. The number of halogens is 3. The van der Waals surface area contributed by atoms with Gasteiger partial charge in [-0.05, 0) is 91.5 Å². The first-order valence-electron chi connectivity index (χ1n) is 12.3.